The number of carbonyl (C=O) groups is 1. The SMILES string of the molecule is COc1cccc(C(O)CCN2CCc3cc(C(C)=O)ccc32)c1. The Bertz CT molecular complexity index is 741. The fourth-order valence-electron chi connectivity index (χ4n) is 3.21. The Hall–Kier alpha value is -2.33. The second-order valence-electron chi connectivity index (χ2n) is 6.22. The standard InChI is InChI=1S/C20H23NO3/c1-14(22)15-6-7-19-16(12-15)8-10-21(19)11-9-20(23)17-4-3-5-18(13-17)24-2/h3-7,12-13,20,23H,8-11H2,1-2H3. The maximum atomic E-state index is 11.5. The van der Waals surface area contributed by atoms with Gasteiger partial charge in [-0.25, -0.2) is 0 Å². The number of methoxy groups -OCH3 is 1. The van der Waals surface area contributed by atoms with Crippen molar-refractivity contribution in [3.8, 4) is 5.75 Å². The lowest BCUT2D eigenvalue weighted by molar-refractivity contribution is 0.101. The molecule has 2 aromatic rings. The van der Waals surface area contributed by atoms with E-state index in [1.54, 1.807) is 14.0 Å². The van der Waals surface area contributed by atoms with Crippen molar-refractivity contribution in [3.63, 3.8) is 0 Å². The van der Waals surface area contributed by atoms with Gasteiger partial charge in [0.1, 0.15) is 5.75 Å². The van der Waals surface area contributed by atoms with Crippen molar-refractivity contribution in [2.24, 2.45) is 0 Å². The van der Waals surface area contributed by atoms with Gasteiger partial charge in [-0.1, -0.05) is 12.1 Å². The molecule has 1 heterocycles. The first kappa shape index (κ1) is 16.5. The lowest BCUT2D eigenvalue weighted by Crippen LogP contribution is -2.23. The Morgan fingerprint density at radius 3 is 2.88 bits per heavy atom. The second-order valence-corrected chi connectivity index (χ2v) is 6.22. The highest BCUT2D eigenvalue weighted by Gasteiger charge is 2.21. The molecule has 126 valence electrons. The van der Waals surface area contributed by atoms with Crippen molar-refractivity contribution < 1.29 is 14.6 Å². The Morgan fingerprint density at radius 2 is 2.12 bits per heavy atom. The van der Waals surface area contributed by atoms with Crippen LogP contribution in [0.25, 0.3) is 0 Å². The first-order valence-electron chi connectivity index (χ1n) is 8.29. The number of ketones is 1. The quantitative estimate of drug-likeness (QED) is 0.827. The van der Waals surface area contributed by atoms with Crippen molar-refractivity contribution in [1.82, 2.24) is 0 Å². The van der Waals surface area contributed by atoms with Crippen LogP contribution >= 0.6 is 0 Å². The molecular weight excluding hydrogens is 302 g/mol. The van der Waals surface area contributed by atoms with Gasteiger partial charge in [0.15, 0.2) is 5.78 Å². The van der Waals surface area contributed by atoms with Gasteiger partial charge in [0, 0.05) is 24.3 Å². The molecule has 0 saturated carbocycles. The molecule has 2 aromatic carbocycles. The number of carbonyl (C=O) groups excluding carboxylic acids is 1. The second kappa shape index (κ2) is 7.05. The minimum Gasteiger partial charge on any atom is -0.497 e. The topological polar surface area (TPSA) is 49.8 Å². The van der Waals surface area contributed by atoms with Crippen LogP contribution in [-0.2, 0) is 6.42 Å². The van der Waals surface area contributed by atoms with Gasteiger partial charge in [-0.2, -0.15) is 0 Å². The van der Waals surface area contributed by atoms with E-state index < -0.39 is 6.10 Å². The predicted molar refractivity (Wildman–Crippen MR) is 94.9 cm³/mol. The lowest BCUT2D eigenvalue weighted by Gasteiger charge is -2.21. The summed E-state index contributed by atoms with van der Waals surface area (Å²) in [5.41, 5.74) is 4.05. The van der Waals surface area contributed by atoms with Crippen LogP contribution in [0.5, 0.6) is 5.75 Å². The van der Waals surface area contributed by atoms with Gasteiger partial charge in [0.2, 0.25) is 0 Å². The van der Waals surface area contributed by atoms with Crippen LogP contribution in [0.15, 0.2) is 42.5 Å². The van der Waals surface area contributed by atoms with Crippen molar-refractivity contribution >= 4 is 11.5 Å². The molecule has 0 aliphatic carbocycles. The molecule has 1 unspecified atom stereocenters. The fraction of sp³-hybridized carbons (Fsp3) is 0.350. The van der Waals surface area contributed by atoms with Gasteiger partial charge >= 0.3 is 0 Å². The van der Waals surface area contributed by atoms with E-state index in [9.17, 15) is 9.90 Å². The highest BCUT2D eigenvalue weighted by molar-refractivity contribution is 5.94. The maximum Gasteiger partial charge on any atom is 0.159 e. The van der Waals surface area contributed by atoms with Crippen molar-refractivity contribution in [2.45, 2.75) is 25.9 Å². The molecule has 0 bridgehead atoms. The lowest BCUT2D eigenvalue weighted by atomic mass is 10.1. The van der Waals surface area contributed by atoms with Gasteiger partial charge < -0.3 is 14.7 Å². The summed E-state index contributed by atoms with van der Waals surface area (Å²) >= 11 is 0. The largest absolute Gasteiger partial charge is 0.497 e. The Kier molecular flexibility index (Phi) is 4.86. The molecule has 0 radical (unpaired) electrons. The van der Waals surface area contributed by atoms with Gasteiger partial charge in [-0.05, 0) is 61.2 Å². The molecule has 1 N–H and O–H groups in total. The molecule has 0 spiro atoms. The number of hydrogen-bond donors (Lipinski definition) is 1. The van der Waals surface area contributed by atoms with E-state index in [1.165, 1.54) is 11.3 Å². The third-order valence-electron chi connectivity index (χ3n) is 4.63. The zero-order valence-corrected chi connectivity index (χ0v) is 14.2. The summed E-state index contributed by atoms with van der Waals surface area (Å²) < 4.78 is 5.21. The molecule has 1 aliphatic heterocycles. The molecule has 1 aliphatic rings. The fourth-order valence-corrected chi connectivity index (χ4v) is 3.21. The van der Waals surface area contributed by atoms with E-state index >= 15 is 0 Å². The molecule has 0 aromatic heterocycles. The zero-order valence-electron chi connectivity index (χ0n) is 14.2. The molecule has 1 atom stereocenters. The van der Waals surface area contributed by atoms with E-state index in [2.05, 4.69) is 4.90 Å². The van der Waals surface area contributed by atoms with E-state index in [0.29, 0.717) is 6.42 Å². The zero-order chi connectivity index (χ0) is 17.1. The van der Waals surface area contributed by atoms with E-state index in [1.807, 2.05) is 42.5 Å². The average molecular weight is 325 g/mol. The van der Waals surface area contributed by atoms with Crippen LogP contribution in [0.1, 0.15) is 40.9 Å². The minimum atomic E-state index is -0.513. The van der Waals surface area contributed by atoms with Crippen molar-refractivity contribution in [2.75, 3.05) is 25.1 Å². The van der Waals surface area contributed by atoms with Crippen LogP contribution in [-0.4, -0.2) is 31.1 Å². The number of fused-ring (bicyclic) bond motifs is 1. The minimum absolute atomic E-state index is 0.102. The summed E-state index contributed by atoms with van der Waals surface area (Å²) in [5.74, 6) is 0.861. The molecule has 0 fully saturated rings. The number of anilines is 1. The number of rotatable bonds is 6. The molecule has 4 heteroatoms. The first-order chi connectivity index (χ1) is 11.6. The number of aliphatic hydroxyl groups is 1. The summed E-state index contributed by atoms with van der Waals surface area (Å²) in [4.78, 5) is 13.8. The van der Waals surface area contributed by atoms with Gasteiger partial charge in [-0.15, -0.1) is 0 Å². The molecule has 0 saturated heterocycles. The highest BCUT2D eigenvalue weighted by Crippen LogP contribution is 2.30. The number of Topliss-reactive ketones (excluding diaryl/α,β-unsaturated/α-hetero) is 1. The summed E-state index contributed by atoms with van der Waals surface area (Å²) in [6, 6.07) is 13.5. The third kappa shape index (κ3) is 3.44. The molecule has 0 amide bonds. The monoisotopic (exact) mass is 325 g/mol. The van der Waals surface area contributed by atoms with Crippen molar-refractivity contribution in [3.05, 3.63) is 59.2 Å². The smallest absolute Gasteiger partial charge is 0.159 e. The normalized spacial score (nSPS) is 14.4. The van der Waals surface area contributed by atoms with E-state index in [0.717, 1.165) is 36.4 Å². The number of ether oxygens (including phenoxy) is 1. The van der Waals surface area contributed by atoms with Crippen LogP contribution < -0.4 is 9.64 Å². The van der Waals surface area contributed by atoms with Gasteiger partial charge in [-0.3, -0.25) is 4.79 Å². The third-order valence-corrected chi connectivity index (χ3v) is 4.63. The molecule has 4 nitrogen and oxygen atoms in total. The Morgan fingerprint density at radius 1 is 1.29 bits per heavy atom. The Balaban J connectivity index is 1.65. The summed E-state index contributed by atoms with van der Waals surface area (Å²) in [6.45, 7) is 3.31. The number of hydrogen-bond acceptors (Lipinski definition) is 4. The summed E-state index contributed by atoms with van der Waals surface area (Å²) in [7, 11) is 1.63. The molecule has 3 rings (SSSR count). The summed E-state index contributed by atoms with van der Waals surface area (Å²) in [5, 5.41) is 10.4. The van der Waals surface area contributed by atoms with Crippen LogP contribution in [0.2, 0.25) is 0 Å². The Labute approximate surface area is 142 Å². The summed E-state index contributed by atoms with van der Waals surface area (Å²) in [6.07, 6.45) is 1.09. The van der Waals surface area contributed by atoms with Gasteiger partial charge in [0.05, 0.1) is 13.2 Å². The average Bonchev–Trinajstić information content (AvgIpc) is 3.01. The number of aliphatic hydroxyl groups excluding tert-OH is 1. The van der Waals surface area contributed by atoms with E-state index in [-0.39, 0.29) is 5.78 Å². The van der Waals surface area contributed by atoms with Crippen LogP contribution in [0.3, 0.4) is 0 Å². The highest BCUT2D eigenvalue weighted by atomic mass is 16.5. The maximum absolute atomic E-state index is 11.5. The van der Waals surface area contributed by atoms with Crippen molar-refractivity contribution in [1.29, 1.82) is 0 Å². The van der Waals surface area contributed by atoms with Gasteiger partial charge in [0.25, 0.3) is 0 Å². The molecular formula is C20H23NO3. The van der Waals surface area contributed by atoms with Crippen LogP contribution in [0.4, 0.5) is 5.69 Å². The first-order valence-corrected chi connectivity index (χ1v) is 8.29. The van der Waals surface area contributed by atoms with Crippen LogP contribution in [0, 0.1) is 0 Å². The number of nitrogens with zero attached hydrogens (tertiary/aromatic N) is 1. The number of benzene rings is 2. The molecule has 24 heavy (non-hydrogen) atoms. The predicted octanol–water partition coefficient (Wildman–Crippen LogP) is 3.38. The van der Waals surface area contributed by atoms with E-state index in [4.69, 9.17) is 4.74 Å².